The van der Waals surface area contributed by atoms with Crippen molar-refractivity contribution < 1.29 is 15.2 Å². The van der Waals surface area contributed by atoms with Crippen molar-refractivity contribution in [1.82, 2.24) is 44.2 Å². The number of hydrogen-bond acceptors (Lipinski definition) is 7. The maximum absolute atomic E-state index is 5.16. The molecule has 0 spiro atoms. The number of aromatic amines is 2. The van der Waals surface area contributed by atoms with E-state index in [9.17, 15) is 0 Å². The Morgan fingerprint density at radius 2 is 0.956 bits per heavy atom. The van der Waals surface area contributed by atoms with Gasteiger partial charge in [0, 0.05) is 0 Å². The summed E-state index contributed by atoms with van der Waals surface area (Å²) in [5.41, 5.74) is 6.40. The van der Waals surface area contributed by atoms with Crippen LogP contribution in [0.5, 0.6) is 0 Å². The van der Waals surface area contributed by atoms with E-state index in [1.165, 1.54) is 0 Å². The second-order valence-corrected chi connectivity index (χ2v) is 11.9. The third-order valence-corrected chi connectivity index (χ3v) is 9.00. The predicted molar refractivity (Wildman–Crippen MR) is 174 cm³/mol. The summed E-state index contributed by atoms with van der Waals surface area (Å²) in [7, 11) is 0. The molecule has 2 aliphatic rings. The van der Waals surface area contributed by atoms with Gasteiger partial charge in [-0.05, 0) is 0 Å². The normalized spacial score (nSPS) is 12.1. The van der Waals surface area contributed by atoms with Crippen LogP contribution in [0.3, 0.4) is 0 Å². The number of nitrogens with one attached hydrogen (secondary N) is 3. The van der Waals surface area contributed by atoms with E-state index < -0.39 is 0 Å². The van der Waals surface area contributed by atoms with Gasteiger partial charge in [-0.3, -0.25) is 0 Å². The van der Waals surface area contributed by atoms with Gasteiger partial charge in [0.05, 0.1) is 0 Å². The van der Waals surface area contributed by atoms with Crippen molar-refractivity contribution >= 4 is 48.6 Å². The molecule has 45 heavy (non-hydrogen) atoms. The first-order valence-electron chi connectivity index (χ1n) is 14.8. The van der Waals surface area contributed by atoms with Gasteiger partial charge in [-0.1, -0.05) is 6.07 Å². The van der Waals surface area contributed by atoms with Gasteiger partial charge in [0.1, 0.15) is 0 Å². The average molecular weight is 635 g/mol. The molecule has 0 amide bonds. The minimum absolute atomic E-state index is 0.589. The van der Waals surface area contributed by atoms with E-state index in [0.29, 0.717) is 45.9 Å². The molecule has 5 heterocycles. The van der Waals surface area contributed by atoms with Crippen molar-refractivity contribution in [2.24, 2.45) is 0 Å². The summed E-state index contributed by atoms with van der Waals surface area (Å²) in [6.07, 6.45) is 1.03. The molecular formula is C35H25CuN9. The summed E-state index contributed by atoms with van der Waals surface area (Å²) in [5, 5.41) is 3.82. The second kappa shape index (κ2) is 10.4. The van der Waals surface area contributed by atoms with Crippen molar-refractivity contribution in [2.75, 3.05) is 6.54 Å². The average Bonchev–Trinajstić information content (AvgIpc) is 3.81. The summed E-state index contributed by atoms with van der Waals surface area (Å²) in [6, 6.07) is 30.5. The zero-order valence-corrected chi connectivity index (χ0v) is 25.0. The molecule has 0 atom stereocenters. The van der Waals surface area contributed by atoms with E-state index >= 15 is 0 Å². The van der Waals surface area contributed by atoms with E-state index in [1.54, 1.807) is 15.2 Å². The number of H-pyrrole nitrogens is 2. The van der Waals surface area contributed by atoms with E-state index in [-0.39, 0.29) is 0 Å². The molecular weight excluding hydrogens is 610 g/mol. The molecule has 3 N–H and O–H groups in total. The molecule has 0 radical (unpaired) electrons. The van der Waals surface area contributed by atoms with Gasteiger partial charge in [-0.2, -0.15) is 0 Å². The van der Waals surface area contributed by atoms with Gasteiger partial charge in [-0.25, -0.2) is 0 Å². The number of benzene rings is 4. The Morgan fingerprint density at radius 1 is 0.511 bits per heavy atom. The molecule has 4 aromatic carbocycles. The Kier molecular flexibility index (Phi) is 6.05. The zero-order chi connectivity index (χ0) is 29.9. The molecule has 9 rings (SSSR count). The fourth-order valence-electron chi connectivity index (χ4n) is 5.85. The molecule has 0 unspecified atom stereocenters. The topological polar surface area (TPSA) is 121 Å². The first kappa shape index (κ1) is 26.1. The standard InChI is InChI=1S/C32H17N8.C3H8N.Cu/c1-2-10-18-17(9-1)25-33-26(18)38-28-21-13-5-6-14-22(21)30(35-28)40-32-24-16-8-7-15-23(24)31(36-32)39-29-20-12-4-3-11-19(20)27(34-29)37-25;1-2-3-4;/h1-15H,(H2,33,34,35,36,37,38,39,40);4H,2-3H2,1H3;/q;-1;+1. The molecule has 221 valence electrons. The summed E-state index contributed by atoms with van der Waals surface area (Å²) in [6.45, 7) is 3.04. The Hall–Kier alpha value is -5.28. The molecule has 10 heteroatoms. The van der Waals surface area contributed by atoms with E-state index in [1.807, 2.05) is 78.9 Å². The molecule has 2 aliphatic heterocycles. The Bertz CT molecular complexity index is 2470. The number of aromatic nitrogens is 8. The molecule has 9 nitrogen and oxygen atoms in total. The van der Waals surface area contributed by atoms with Crippen molar-refractivity contribution in [2.45, 2.75) is 13.3 Å². The van der Waals surface area contributed by atoms with Crippen LogP contribution in [0.2, 0.25) is 0 Å². The number of nitrogens with zero attached hydrogens (tertiary/aromatic N) is 6. The van der Waals surface area contributed by atoms with Gasteiger partial charge in [0.25, 0.3) is 0 Å². The summed E-state index contributed by atoms with van der Waals surface area (Å²) in [4.78, 5) is 37.4. The van der Waals surface area contributed by atoms with Crippen LogP contribution in [-0.2, 0) is 15.2 Å². The van der Waals surface area contributed by atoms with Crippen molar-refractivity contribution in [3.63, 3.8) is 0 Å². The van der Waals surface area contributed by atoms with Crippen LogP contribution in [0.1, 0.15) is 13.3 Å². The number of hydrogen-bond donors (Lipinski definition) is 3. The molecule has 8 bridgehead atoms. The number of fused-ring (bicyclic) bond motifs is 20. The molecule has 0 saturated carbocycles. The van der Waals surface area contributed by atoms with Gasteiger partial charge in [-0.15, -0.1) is 0 Å². The van der Waals surface area contributed by atoms with Crippen LogP contribution in [-0.4, -0.2) is 46.4 Å². The second-order valence-electron chi connectivity index (χ2n) is 10.8. The van der Waals surface area contributed by atoms with Crippen molar-refractivity contribution in [3.05, 3.63) is 91.0 Å². The summed E-state index contributed by atoms with van der Waals surface area (Å²) < 4.78 is 4.50. The SMILES string of the molecule is CCC[NH][Cu][c]1cccc2c3nc4nc(nc5[nH]c(nc6nc(nc([nH]3)c12)-c1ccccc1-6)c1ccccc51)-c1ccccc1-4. The first-order valence-corrected chi connectivity index (χ1v) is 15.7. The molecule has 0 fully saturated rings. The quantitative estimate of drug-likeness (QED) is 0.149. The first-order chi connectivity index (χ1) is 22.2. The summed E-state index contributed by atoms with van der Waals surface area (Å²) in [5.74, 6) is 2.36. The minimum atomic E-state index is 0.589. The third kappa shape index (κ3) is 4.26. The Labute approximate surface area is 263 Å². The van der Waals surface area contributed by atoms with Crippen LogP contribution in [0.4, 0.5) is 0 Å². The molecule has 3 aromatic heterocycles. The van der Waals surface area contributed by atoms with Crippen molar-refractivity contribution in [1.29, 1.82) is 0 Å². The predicted octanol–water partition coefficient (Wildman–Crippen LogP) is 6.49. The van der Waals surface area contributed by atoms with Crippen LogP contribution in [0.15, 0.2) is 91.0 Å². The van der Waals surface area contributed by atoms with Crippen LogP contribution >= 0.6 is 0 Å². The van der Waals surface area contributed by atoms with E-state index in [4.69, 9.17) is 29.9 Å². The van der Waals surface area contributed by atoms with Gasteiger partial charge in [0.15, 0.2) is 0 Å². The zero-order valence-electron chi connectivity index (χ0n) is 24.1. The van der Waals surface area contributed by atoms with Crippen LogP contribution in [0.25, 0.3) is 89.7 Å². The maximum atomic E-state index is 5.16. The fraction of sp³-hybridized carbons (Fsp3) is 0.0857. The van der Waals surface area contributed by atoms with Crippen LogP contribution < -0.4 is 8.79 Å². The van der Waals surface area contributed by atoms with Crippen molar-refractivity contribution in [3.8, 4) is 45.6 Å². The van der Waals surface area contributed by atoms with Gasteiger partial charge < -0.3 is 0 Å². The fourth-order valence-corrected chi connectivity index (χ4v) is 6.91. The monoisotopic (exact) mass is 634 g/mol. The van der Waals surface area contributed by atoms with E-state index in [0.717, 1.165) is 61.2 Å². The van der Waals surface area contributed by atoms with Crippen LogP contribution in [0, 0.1) is 0 Å². The number of rotatable bonds is 4. The van der Waals surface area contributed by atoms with E-state index in [2.05, 4.69) is 33.4 Å². The Morgan fingerprint density at radius 3 is 1.49 bits per heavy atom. The third-order valence-electron chi connectivity index (χ3n) is 7.96. The van der Waals surface area contributed by atoms with Gasteiger partial charge in [0.2, 0.25) is 0 Å². The summed E-state index contributed by atoms with van der Waals surface area (Å²) >= 11 is 1.71. The Balaban J connectivity index is 1.46. The van der Waals surface area contributed by atoms with Gasteiger partial charge >= 0.3 is 258 Å². The molecule has 0 saturated heterocycles. The molecule has 7 aromatic rings. The molecule has 0 aliphatic carbocycles.